The monoisotopic (exact) mass is 231 g/mol. The molecule has 0 aromatic rings. The van der Waals surface area contributed by atoms with E-state index in [9.17, 15) is 0 Å². The normalized spacial score (nSPS) is 41.8. The van der Waals surface area contributed by atoms with Gasteiger partial charge in [0, 0.05) is 17.5 Å². The Balaban J connectivity index is 2.14. The van der Waals surface area contributed by atoms with E-state index >= 15 is 0 Å². The summed E-state index contributed by atoms with van der Waals surface area (Å²) in [5.41, 5.74) is 0.465. The highest BCUT2D eigenvalue weighted by molar-refractivity contribution is 8.04. The molecule has 14 heavy (non-hydrogen) atoms. The van der Waals surface area contributed by atoms with Crippen molar-refractivity contribution >= 4 is 23.5 Å². The zero-order valence-corrected chi connectivity index (χ0v) is 11.1. The third-order valence-electron chi connectivity index (χ3n) is 3.73. The van der Waals surface area contributed by atoms with Gasteiger partial charge in [-0.2, -0.15) is 11.8 Å². The first-order valence-corrected chi connectivity index (χ1v) is 7.73. The smallest absolute Gasteiger partial charge is 0.0791 e. The van der Waals surface area contributed by atoms with Gasteiger partial charge in [-0.25, -0.2) is 0 Å². The van der Waals surface area contributed by atoms with Crippen molar-refractivity contribution in [3.05, 3.63) is 0 Å². The van der Waals surface area contributed by atoms with Gasteiger partial charge in [-0.15, -0.1) is 11.8 Å². The minimum atomic E-state index is 0.372. The molecule has 0 aromatic heterocycles. The molecule has 2 saturated heterocycles. The number of hydrogen-bond donors (Lipinski definition) is 1. The van der Waals surface area contributed by atoms with Crippen LogP contribution in [0.25, 0.3) is 0 Å². The minimum absolute atomic E-state index is 0.372. The van der Waals surface area contributed by atoms with E-state index in [0.29, 0.717) is 10.3 Å². The van der Waals surface area contributed by atoms with Gasteiger partial charge in [0.05, 0.1) is 4.87 Å². The van der Waals surface area contributed by atoms with Crippen molar-refractivity contribution in [1.82, 2.24) is 5.32 Å². The Labute approximate surface area is 96.2 Å². The Hall–Kier alpha value is 0.660. The molecule has 2 heterocycles. The third kappa shape index (κ3) is 1.72. The molecule has 82 valence electrons. The highest BCUT2D eigenvalue weighted by Crippen LogP contribution is 2.51. The summed E-state index contributed by atoms with van der Waals surface area (Å²) >= 11 is 4.30. The second-order valence-corrected chi connectivity index (χ2v) is 7.50. The molecular formula is C11H21NS2. The van der Waals surface area contributed by atoms with Gasteiger partial charge in [0.15, 0.2) is 0 Å². The number of nitrogens with one attached hydrogen (secondary N) is 1. The maximum absolute atomic E-state index is 3.89. The van der Waals surface area contributed by atoms with Gasteiger partial charge in [0.1, 0.15) is 0 Å². The molecule has 3 heteroatoms. The average molecular weight is 231 g/mol. The van der Waals surface area contributed by atoms with Gasteiger partial charge < -0.3 is 0 Å². The molecule has 0 bridgehead atoms. The van der Waals surface area contributed by atoms with Gasteiger partial charge in [-0.1, -0.05) is 20.8 Å². The van der Waals surface area contributed by atoms with Crippen molar-refractivity contribution in [1.29, 1.82) is 0 Å². The molecule has 1 N–H and O–H groups in total. The lowest BCUT2D eigenvalue weighted by molar-refractivity contribution is 0.212. The van der Waals surface area contributed by atoms with Crippen LogP contribution < -0.4 is 5.32 Å². The molecule has 0 aliphatic carbocycles. The van der Waals surface area contributed by atoms with E-state index in [1.165, 1.54) is 30.1 Å². The lowest BCUT2D eigenvalue weighted by Crippen LogP contribution is -2.56. The van der Waals surface area contributed by atoms with E-state index in [-0.39, 0.29) is 0 Å². The van der Waals surface area contributed by atoms with Gasteiger partial charge in [-0.05, 0) is 24.0 Å². The predicted molar refractivity (Wildman–Crippen MR) is 68.1 cm³/mol. The van der Waals surface area contributed by atoms with Gasteiger partial charge in [0.25, 0.3) is 0 Å². The molecular weight excluding hydrogens is 210 g/mol. The van der Waals surface area contributed by atoms with Crippen LogP contribution >= 0.6 is 23.5 Å². The highest BCUT2D eigenvalue weighted by atomic mass is 32.2. The van der Waals surface area contributed by atoms with E-state index in [4.69, 9.17) is 0 Å². The van der Waals surface area contributed by atoms with Crippen molar-refractivity contribution in [3.63, 3.8) is 0 Å². The van der Waals surface area contributed by atoms with Gasteiger partial charge >= 0.3 is 0 Å². The summed E-state index contributed by atoms with van der Waals surface area (Å²) in [5.74, 6) is 3.94. The summed E-state index contributed by atoms with van der Waals surface area (Å²) in [7, 11) is 0. The fourth-order valence-corrected chi connectivity index (χ4v) is 5.98. The van der Waals surface area contributed by atoms with E-state index in [1.54, 1.807) is 0 Å². The standard InChI is InChI=1S/C11H21NS2/c1-4-9-7-14-11(12-9)8-13-6-5-10(11,2)3/h9,12H,4-8H2,1-3H3. The third-order valence-corrected chi connectivity index (χ3v) is 6.92. The molecule has 0 aromatic carbocycles. The lowest BCUT2D eigenvalue weighted by Gasteiger charge is -2.47. The van der Waals surface area contributed by atoms with Crippen molar-refractivity contribution in [3.8, 4) is 0 Å². The summed E-state index contributed by atoms with van der Waals surface area (Å²) in [6.07, 6.45) is 2.63. The van der Waals surface area contributed by atoms with Crippen LogP contribution in [-0.2, 0) is 0 Å². The lowest BCUT2D eigenvalue weighted by atomic mass is 9.81. The van der Waals surface area contributed by atoms with Crippen LogP contribution in [0.2, 0.25) is 0 Å². The summed E-state index contributed by atoms with van der Waals surface area (Å²) in [6, 6.07) is 0.748. The van der Waals surface area contributed by atoms with Crippen LogP contribution in [0.5, 0.6) is 0 Å². The van der Waals surface area contributed by atoms with Crippen LogP contribution in [0.3, 0.4) is 0 Å². The maximum atomic E-state index is 3.89. The summed E-state index contributed by atoms with van der Waals surface area (Å²) in [6.45, 7) is 7.16. The first kappa shape index (κ1) is 11.2. The highest BCUT2D eigenvalue weighted by Gasteiger charge is 2.51. The quantitative estimate of drug-likeness (QED) is 0.745. The number of rotatable bonds is 1. The molecule has 0 radical (unpaired) electrons. The van der Waals surface area contributed by atoms with E-state index < -0.39 is 0 Å². The SMILES string of the molecule is CCC1CSC2(CSCCC2(C)C)N1. The molecule has 2 rings (SSSR count). The minimum Gasteiger partial charge on any atom is -0.298 e. The maximum Gasteiger partial charge on any atom is 0.0791 e. The summed E-state index contributed by atoms with van der Waals surface area (Å²) in [4.78, 5) is 0.372. The Morgan fingerprint density at radius 1 is 1.43 bits per heavy atom. The largest absolute Gasteiger partial charge is 0.298 e. The van der Waals surface area contributed by atoms with Crippen LogP contribution in [0.15, 0.2) is 0 Å². The molecule has 2 unspecified atom stereocenters. The predicted octanol–water partition coefficient (Wildman–Crippen LogP) is 2.96. The number of thioether (sulfide) groups is 2. The fraction of sp³-hybridized carbons (Fsp3) is 1.00. The van der Waals surface area contributed by atoms with Crippen LogP contribution in [0.1, 0.15) is 33.6 Å². The molecule has 0 saturated carbocycles. The summed E-state index contributed by atoms with van der Waals surface area (Å²) < 4.78 is 0. The average Bonchev–Trinajstić information content (AvgIpc) is 2.56. The molecule has 2 aliphatic heterocycles. The molecule has 2 atom stereocenters. The van der Waals surface area contributed by atoms with Crippen LogP contribution in [0, 0.1) is 5.41 Å². The molecule has 2 aliphatic rings. The Bertz CT molecular complexity index is 217. The Morgan fingerprint density at radius 2 is 2.21 bits per heavy atom. The van der Waals surface area contributed by atoms with Crippen molar-refractivity contribution < 1.29 is 0 Å². The first-order chi connectivity index (χ1) is 6.60. The van der Waals surface area contributed by atoms with Gasteiger partial charge in [-0.3, -0.25) is 5.32 Å². The van der Waals surface area contributed by atoms with E-state index in [0.717, 1.165) is 6.04 Å². The summed E-state index contributed by atoms with van der Waals surface area (Å²) in [5, 5.41) is 3.89. The number of hydrogen-bond acceptors (Lipinski definition) is 3. The van der Waals surface area contributed by atoms with Crippen molar-refractivity contribution in [2.24, 2.45) is 5.41 Å². The second kappa shape index (κ2) is 3.91. The van der Waals surface area contributed by atoms with Gasteiger partial charge in [0.2, 0.25) is 0 Å². The molecule has 1 spiro atoms. The topological polar surface area (TPSA) is 12.0 Å². The van der Waals surface area contributed by atoms with Crippen molar-refractivity contribution in [2.75, 3.05) is 17.3 Å². The van der Waals surface area contributed by atoms with Crippen LogP contribution in [-0.4, -0.2) is 28.2 Å². The zero-order chi connectivity index (χ0) is 10.2. The molecule has 1 nitrogen and oxygen atoms in total. The molecule has 2 fully saturated rings. The molecule has 0 amide bonds. The van der Waals surface area contributed by atoms with E-state index in [1.807, 2.05) is 0 Å². The first-order valence-electron chi connectivity index (χ1n) is 5.59. The Morgan fingerprint density at radius 3 is 2.79 bits per heavy atom. The van der Waals surface area contributed by atoms with Crippen molar-refractivity contribution in [2.45, 2.75) is 44.5 Å². The second-order valence-electron chi connectivity index (χ2n) is 5.07. The van der Waals surface area contributed by atoms with E-state index in [2.05, 4.69) is 49.6 Å². The Kier molecular flexibility index (Phi) is 3.12. The zero-order valence-electron chi connectivity index (χ0n) is 9.43. The van der Waals surface area contributed by atoms with Crippen LogP contribution in [0.4, 0.5) is 0 Å². The fourth-order valence-electron chi connectivity index (χ4n) is 2.29.